The normalized spacial score (nSPS) is 15.8. The third kappa shape index (κ3) is 6.49. The first kappa shape index (κ1) is 28.5. The lowest BCUT2D eigenvalue weighted by molar-refractivity contribution is -0.134. The number of hydrogen-bond acceptors (Lipinski definition) is 3. The number of aromatic carboxylic acids is 1. The van der Waals surface area contributed by atoms with Gasteiger partial charge in [0, 0.05) is 12.2 Å². The molecule has 0 saturated carbocycles. The standard InChI is InChI=1S/C34H32FN3O4/c35-28-17-13-24(14-18-28)21-38(31(39)22-37(34(36)42)29-11-6-10-27(20-29)33(40)41)32-26(19-23-7-2-1-3-8-23)16-15-25-9-4-5-12-30(25)32/h1-14,17-18,20,26,32H,15-16,19,21-22H2,(H2,36,42)(H,40,41)/t26-,32-/m0/s1. The van der Waals surface area contributed by atoms with Crippen molar-refractivity contribution in [3.63, 3.8) is 0 Å². The Morgan fingerprint density at radius 3 is 2.29 bits per heavy atom. The van der Waals surface area contributed by atoms with Crippen LogP contribution in [0.4, 0.5) is 14.9 Å². The zero-order chi connectivity index (χ0) is 29.6. The minimum atomic E-state index is -1.16. The van der Waals surface area contributed by atoms with Crippen LogP contribution >= 0.6 is 0 Å². The van der Waals surface area contributed by atoms with Crippen molar-refractivity contribution in [1.29, 1.82) is 0 Å². The number of nitrogens with zero attached hydrogens (tertiary/aromatic N) is 2. The molecule has 0 spiro atoms. The summed E-state index contributed by atoms with van der Waals surface area (Å²) in [7, 11) is 0. The summed E-state index contributed by atoms with van der Waals surface area (Å²) in [5, 5.41) is 9.46. The fourth-order valence-electron chi connectivity index (χ4n) is 5.81. The third-order valence-corrected chi connectivity index (χ3v) is 7.83. The van der Waals surface area contributed by atoms with Gasteiger partial charge in [-0.1, -0.05) is 72.8 Å². The number of benzene rings is 4. The van der Waals surface area contributed by atoms with E-state index in [0.717, 1.165) is 46.4 Å². The lowest BCUT2D eigenvalue weighted by Gasteiger charge is -2.42. The van der Waals surface area contributed by atoms with Gasteiger partial charge in [-0.3, -0.25) is 9.69 Å². The van der Waals surface area contributed by atoms with Crippen LogP contribution in [0.25, 0.3) is 0 Å². The molecular weight excluding hydrogens is 533 g/mol. The fraction of sp³-hybridized carbons (Fsp3) is 0.206. The quantitative estimate of drug-likeness (QED) is 0.260. The van der Waals surface area contributed by atoms with Gasteiger partial charge >= 0.3 is 12.0 Å². The number of carboxylic acid groups (broad SMARTS) is 1. The highest BCUT2D eigenvalue weighted by Crippen LogP contribution is 2.41. The van der Waals surface area contributed by atoms with Crippen LogP contribution in [0.2, 0.25) is 0 Å². The molecule has 0 aliphatic heterocycles. The Hall–Kier alpha value is -4.98. The van der Waals surface area contributed by atoms with E-state index in [-0.39, 0.29) is 41.5 Å². The molecule has 42 heavy (non-hydrogen) atoms. The number of rotatable bonds is 9. The molecule has 4 aromatic rings. The van der Waals surface area contributed by atoms with Crippen molar-refractivity contribution < 1.29 is 23.9 Å². The molecule has 0 aromatic heterocycles. The van der Waals surface area contributed by atoms with E-state index in [9.17, 15) is 23.9 Å². The lowest BCUT2D eigenvalue weighted by Crippen LogP contribution is -2.48. The molecule has 0 fully saturated rings. The van der Waals surface area contributed by atoms with Gasteiger partial charge in [-0.15, -0.1) is 0 Å². The average Bonchev–Trinajstić information content (AvgIpc) is 3.00. The van der Waals surface area contributed by atoms with Gasteiger partial charge in [0.05, 0.1) is 11.6 Å². The highest BCUT2D eigenvalue weighted by atomic mass is 19.1. The molecule has 0 radical (unpaired) electrons. The Labute approximate surface area is 244 Å². The molecule has 3 amide bonds. The first-order valence-corrected chi connectivity index (χ1v) is 13.9. The van der Waals surface area contributed by atoms with Gasteiger partial charge in [0.25, 0.3) is 0 Å². The summed E-state index contributed by atoms with van der Waals surface area (Å²) in [4.78, 5) is 41.3. The Morgan fingerprint density at radius 1 is 0.857 bits per heavy atom. The summed E-state index contributed by atoms with van der Waals surface area (Å²) in [6, 6.07) is 28.8. The predicted octanol–water partition coefficient (Wildman–Crippen LogP) is 5.98. The molecule has 3 N–H and O–H groups in total. The van der Waals surface area contributed by atoms with Crippen LogP contribution in [0.15, 0.2) is 103 Å². The molecule has 0 heterocycles. The Bertz CT molecular complexity index is 1580. The Kier molecular flexibility index (Phi) is 8.62. The number of fused-ring (bicyclic) bond motifs is 1. The topological polar surface area (TPSA) is 104 Å². The monoisotopic (exact) mass is 565 g/mol. The highest BCUT2D eigenvalue weighted by Gasteiger charge is 2.37. The van der Waals surface area contributed by atoms with E-state index in [0.29, 0.717) is 0 Å². The van der Waals surface area contributed by atoms with Crippen molar-refractivity contribution in [2.75, 3.05) is 11.4 Å². The zero-order valence-electron chi connectivity index (χ0n) is 23.0. The maximum atomic E-state index is 14.3. The van der Waals surface area contributed by atoms with Crippen LogP contribution in [-0.2, 0) is 24.2 Å². The number of carboxylic acids is 1. The van der Waals surface area contributed by atoms with Gasteiger partial charge in [0.1, 0.15) is 12.4 Å². The molecular formula is C34H32FN3O4. The van der Waals surface area contributed by atoms with Crippen LogP contribution in [0.5, 0.6) is 0 Å². The van der Waals surface area contributed by atoms with E-state index in [1.807, 2.05) is 36.4 Å². The van der Waals surface area contributed by atoms with Gasteiger partial charge in [-0.05, 0) is 77.8 Å². The van der Waals surface area contributed by atoms with E-state index in [1.165, 1.54) is 30.3 Å². The van der Waals surface area contributed by atoms with Crippen LogP contribution in [0.3, 0.4) is 0 Å². The van der Waals surface area contributed by atoms with Gasteiger partial charge < -0.3 is 15.7 Å². The molecule has 1 aliphatic rings. The zero-order valence-corrected chi connectivity index (χ0v) is 23.0. The molecule has 4 aromatic carbocycles. The van der Waals surface area contributed by atoms with Crippen LogP contribution in [-0.4, -0.2) is 34.5 Å². The summed E-state index contributed by atoms with van der Waals surface area (Å²) in [6.07, 6.45) is 2.47. The Balaban J connectivity index is 1.55. The van der Waals surface area contributed by atoms with Crippen molar-refractivity contribution in [2.45, 2.75) is 31.8 Å². The summed E-state index contributed by atoms with van der Waals surface area (Å²) >= 11 is 0. The first-order chi connectivity index (χ1) is 20.3. The maximum Gasteiger partial charge on any atom is 0.335 e. The molecule has 1 aliphatic carbocycles. The first-order valence-electron chi connectivity index (χ1n) is 13.9. The summed E-state index contributed by atoms with van der Waals surface area (Å²) in [5.74, 6) is -1.82. The number of hydrogen-bond donors (Lipinski definition) is 2. The van der Waals surface area contributed by atoms with Crippen LogP contribution in [0.1, 0.15) is 45.1 Å². The largest absolute Gasteiger partial charge is 0.478 e. The Morgan fingerprint density at radius 2 is 1.57 bits per heavy atom. The number of carbonyl (C=O) groups is 3. The predicted molar refractivity (Wildman–Crippen MR) is 158 cm³/mol. The number of nitrogens with two attached hydrogens (primary N) is 1. The number of carbonyl (C=O) groups excluding carboxylic acids is 2. The minimum Gasteiger partial charge on any atom is -0.478 e. The number of amides is 3. The van der Waals surface area contributed by atoms with Crippen LogP contribution in [0, 0.1) is 11.7 Å². The van der Waals surface area contributed by atoms with Gasteiger partial charge in [-0.25, -0.2) is 14.0 Å². The number of aryl methyl sites for hydroxylation is 1. The SMILES string of the molecule is NC(=O)N(CC(=O)N(Cc1ccc(F)cc1)[C@@H]1c2ccccc2CC[C@H]1Cc1ccccc1)c1cccc(C(=O)O)c1. The van der Waals surface area contributed by atoms with E-state index < -0.39 is 18.5 Å². The number of anilines is 1. The molecule has 2 atom stereocenters. The van der Waals surface area contributed by atoms with Gasteiger partial charge in [0.15, 0.2) is 0 Å². The second-order valence-corrected chi connectivity index (χ2v) is 10.6. The summed E-state index contributed by atoms with van der Waals surface area (Å²) in [5.41, 5.74) is 10.0. The lowest BCUT2D eigenvalue weighted by atomic mass is 9.76. The second kappa shape index (κ2) is 12.7. The average molecular weight is 566 g/mol. The van der Waals surface area contributed by atoms with Crippen molar-refractivity contribution in [3.8, 4) is 0 Å². The summed E-state index contributed by atoms with van der Waals surface area (Å²) in [6.45, 7) is -0.207. The molecule has 5 rings (SSSR count). The fourth-order valence-corrected chi connectivity index (χ4v) is 5.81. The van der Waals surface area contributed by atoms with E-state index in [2.05, 4.69) is 18.2 Å². The molecule has 8 heteroatoms. The molecule has 7 nitrogen and oxygen atoms in total. The van der Waals surface area contributed by atoms with Gasteiger partial charge in [-0.2, -0.15) is 0 Å². The van der Waals surface area contributed by atoms with E-state index in [4.69, 9.17) is 5.73 Å². The smallest absolute Gasteiger partial charge is 0.335 e. The molecule has 0 bridgehead atoms. The minimum absolute atomic E-state index is 0.0292. The van der Waals surface area contributed by atoms with E-state index >= 15 is 0 Å². The summed E-state index contributed by atoms with van der Waals surface area (Å²) < 4.78 is 13.8. The molecule has 0 saturated heterocycles. The van der Waals surface area contributed by atoms with E-state index in [1.54, 1.807) is 23.1 Å². The number of halogens is 1. The number of primary amides is 1. The third-order valence-electron chi connectivity index (χ3n) is 7.83. The van der Waals surface area contributed by atoms with Crippen molar-refractivity contribution >= 4 is 23.6 Å². The second-order valence-electron chi connectivity index (χ2n) is 10.6. The molecule has 0 unspecified atom stereocenters. The molecule has 214 valence electrons. The van der Waals surface area contributed by atoms with Crippen molar-refractivity contribution in [2.24, 2.45) is 11.7 Å². The number of urea groups is 1. The van der Waals surface area contributed by atoms with Crippen LogP contribution < -0.4 is 10.6 Å². The van der Waals surface area contributed by atoms with Crippen molar-refractivity contribution in [1.82, 2.24) is 4.90 Å². The maximum absolute atomic E-state index is 14.3. The van der Waals surface area contributed by atoms with Crippen molar-refractivity contribution in [3.05, 3.63) is 137 Å². The van der Waals surface area contributed by atoms with Gasteiger partial charge in [0.2, 0.25) is 5.91 Å². The highest BCUT2D eigenvalue weighted by molar-refractivity contribution is 5.98.